The van der Waals surface area contributed by atoms with E-state index < -0.39 is 20.6 Å². The number of alkyl halides is 1. The second kappa shape index (κ2) is 5.56. The summed E-state index contributed by atoms with van der Waals surface area (Å²) in [6.45, 7) is 0. The van der Waals surface area contributed by atoms with Crippen molar-refractivity contribution in [2.24, 2.45) is 0 Å². The number of nitrogens with zero attached hydrogens (tertiary/aromatic N) is 1. The summed E-state index contributed by atoms with van der Waals surface area (Å²) in [5.41, 5.74) is -0.404. The molecule has 2 rings (SSSR count). The predicted molar refractivity (Wildman–Crippen MR) is 73.8 cm³/mol. The van der Waals surface area contributed by atoms with Crippen molar-refractivity contribution in [2.75, 3.05) is 0 Å². The largest absolute Gasteiger partial charge is 0.289 e. The number of halogens is 1. The van der Waals surface area contributed by atoms with E-state index in [0.29, 0.717) is 0 Å². The van der Waals surface area contributed by atoms with E-state index in [4.69, 9.17) is 0 Å². The maximum atomic E-state index is 12.2. The van der Waals surface area contributed by atoms with Gasteiger partial charge in [-0.15, -0.1) is 0 Å². The molecule has 1 aliphatic carbocycles. The molecule has 0 radical (unpaired) electrons. The Morgan fingerprint density at radius 1 is 1.32 bits per heavy atom. The van der Waals surface area contributed by atoms with Crippen molar-refractivity contribution in [3.8, 4) is 0 Å². The zero-order valence-corrected chi connectivity index (χ0v) is 12.4. The normalized spacial score (nSPS) is 23.4. The Balaban J connectivity index is 2.32. The second-order valence-corrected chi connectivity index (χ2v) is 7.26. The molecule has 0 saturated heterocycles. The van der Waals surface area contributed by atoms with Crippen LogP contribution in [0.1, 0.15) is 19.3 Å². The van der Waals surface area contributed by atoms with E-state index in [9.17, 15) is 18.5 Å². The molecule has 0 spiro atoms. The fraction of sp³-hybridized carbons (Fsp3) is 0.455. The van der Waals surface area contributed by atoms with E-state index in [1.807, 2.05) is 0 Å². The van der Waals surface area contributed by atoms with Crippen LogP contribution in [0, 0.1) is 10.1 Å². The molecule has 2 unspecified atom stereocenters. The summed E-state index contributed by atoms with van der Waals surface area (Å²) in [6.07, 6.45) is 2.56. The molecule has 104 valence electrons. The number of nitro benzene ring substituents is 1. The van der Waals surface area contributed by atoms with Crippen molar-refractivity contribution in [1.29, 1.82) is 0 Å². The van der Waals surface area contributed by atoms with Crippen LogP contribution in [0.3, 0.4) is 0 Å². The topological polar surface area (TPSA) is 89.3 Å². The molecule has 1 N–H and O–H groups in total. The highest BCUT2D eigenvalue weighted by Gasteiger charge is 2.32. The van der Waals surface area contributed by atoms with Gasteiger partial charge in [0.15, 0.2) is 4.90 Å². The molecule has 1 aromatic carbocycles. The van der Waals surface area contributed by atoms with Gasteiger partial charge in [-0.05, 0) is 18.9 Å². The van der Waals surface area contributed by atoms with E-state index in [1.54, 1.807) is 0 Å². The summed E-state index contributed by atoms with van der Waals surface area (Å²) in [4.78, 5) is 9.98. The Bertz CT molecular complexity index is 590. The van der Waals surface area contributed by atoms with Gasteiger partial charge >= 0.3 is 0 Å². The lowest BCUT2D eigenvalue weighted by molar-refractivity contribution is -0.387. The SMILES string of the molecule is O=[N+]([O-])c1ccccc1S(=O)(=O)NC1CCCC1Br. The summed E-state index contributed by atoms with van der Waals surface area (Å²) < 4.78 is 27.0. The molecule has 1 aromatic rings. The summed E-state index contributed by atoms with van der Waals surface area (Å²) in [6, 6.07) is 5.14. The van der Waals surface area contributed by atoms with Crippen molar-refractivity contribution in [3.05, 3.63) is 34.4 Å². The Morgan fingerprint density at radius 2 is 2.00 bits per heavy atom. The number of nitro groups is 1. The zero-order chi connectivity index (χ0) is 14.0. The van der Waals surface area contributed by atoms with Gasteiger partial charge in [0.25, 0.3) is 5.69 Å². The van der Waals surface area contributed by atoms with E-state index in [-0.39, 0.29) is 15.8 Å². The van der Waals surface area contributed by atoms with Crippen molar-refractivity contribution in [1.82, 2.24) is 4.72 Å². The summed E-state index contributed by atoms with van der Waals surface area (Å²) in [5, 5.41) is 10.9. The van der Waals surface area contributed by atoms with Gasteiger partial charge in [-0.2, -0.15) is 0 Å². The first-order valence-electron chi connectivity index (χ1n) is 5.81. The first-order valence-corrected chi connectivity index (χ1v) is 8.21. The molecule has 0 heterocycles. The van der Waals surface area contributed by atoms with Gasteiger partial charge in [-0.1, -0.05) is 34.5 Å². The Labute approximate surface area is 119 Å². The zero-order valence-electron chi connectivity index (χ0n) is 9.95. The lowest BCUT2D eigenvalue weighted by atomic mass is 10.3. The van der Waals surface area contributed by atoms with Gasteiger partial charge in [-0.3, -0.25) is 10.1 Å². The van der Waals surface area contributed by atoms with Crippen LogP contribution in [-0.4, -0.2) is 24.2 Å². The molecule has 0 aliphatic heterocycles. The average Bonchev–Trinajstić information content (AvgIpc) is 2.74. The molecular formula is C11H13BrN2O4S. The molecule has 0 bridgehead atoms. The Hall–Kier alpha value is -0.990. The van der Waals surface area contributed by atoms with Crippen molar-refractivity contribution < 1.29 is 13.3 Å². The van der Waals surface area contributed by atoms with Crippen LogP contribution in [0.2, 0.25) is 0 Å². The predicted octanol–water partition coefficient (Wildman–Crippen LogP) is 2.19. The number of rotatable bonds is 4. The minimum atomic E-state index is -3.87. The average molecular weight is 349 g/mol. The fourth-order valence-electron chi connectivity index (χ4n) is 2.15. The number of sulfonamides is 1. The fourth-order valence-corrected chi connectivity index (χ4v) is 4.52. The summed E-state index contributed by atoms with van der Waals surface area (Å²) in [5.74, 6) is 0. The van der Waals surface area contributed by atoms with Crippen LogP contribution in [0.15, 0.2) is 29.2 Å². The van der Waals surface area contributed by atoms with Crippen LogP contribution in [0.5, 0.6) is 0 Å². The van der Waals surface area contributed by atoms with E-state index in [0.717, 1.165) is 19.3 Å². The molecule has 8 heteroatoms. The monoisotopic (exact) mass is 348 g/mol. The third-order valence-electron chi connectivity index (χ3n) is 3.09. The van der Waals surface area contributed by atoms with Crippen molar-refractivity contribution in [3.63, 3.8) is 0 Å². The minimum absolute atomic E-state index is 0.0741. The third kappa shape index (κ3) is 3.13. The van der Waals surface area contributed by atoms with Gasteiger partial charge in [0.1, 0.15) is 0 Å². The van der Waals surface area contributed by atoms with Crippen LogP contribution < -0.4 is 4.72 Å². The third-order valence-corrected chi connectivity index (χ3v) is 5.72. The lowest BCUT2D eigenvalue weighted by Gasteiger charge is -2.16. The Kier molecular flexibility index (Phi) is 4.22. The van der Waals surface area contributed by atoms with E-state index in [2.05, 4.69) is 20.7 Å². The smallest absolute Gasteiger partial charge is 0.258 e. The molecule has 2 atom stereocenters. The molecule has 1 saturated carbocycles. The van der Waals surface area contributed by atoms with Crippen LogP contribution in [0.4, 0.5) is 5.69 Å². The maximum absolute atomic E-state index is 12.2. The molecule has 0 aromatic heterocycles. The van der Waals surface area contributed by atoms with Crippen LogP contribution in [-0.2, 0) is 10.0 Å². The van der Waals surface area contributed by atoms with Gasteiger partial charge in [0.2, 0.25) is 10.0 Å². The highest BCUT2D eigenvalue weighted by Crippen LogP contribution is 2.29. The molecule has 0 amide bonds. The molecule has 6 nitrogen and oxygen atoms in total. The van der Waals surface area contributed by atoms with Gasteiger partial charge in [0, 0.05) is 16.9 Å². The maximum Gasteiger partial charge on any atom is 0.289 e. The van der Waals surface area contributed by atoms with E-state index in [1.165, 1.54) is 24.3 Å². The number of hydrogen-bond acceptors (Lipinski definition) is 4. The lowest BCUT2D eigenvalue weighted by Crippen LogP contribution is -2.37. The highest BCUT2D eigenvalue weighted by atomic mass is 79.9. The van der Waals surface area contributed by atoms with Crippen LogP contribution >= 0.6 is 15.9 Å². The molecule has 19 heavy (non-hydrogen) atoms. The first kappa shape index (κ1) is 14.4. The van der Waals surface area contributed by atoms with Gasteiger partial charge < -0.3 is 0 Å². The quantitative estimate of drug-likeness (QED) is 0.513. The van der Waals surface area contributed by atoms with Crippen LogP contribution in [0.25, 0.3) is 0 Å². The summed E-state index contributed by atoms with van der Waals surface area (Å²) in [7, 11) is -3.87. The number of nitrogens with one attached hydrogen (secondary N) is 1. The standard InChI is InChI=1S/C11H13BrN2O4S/c12-8-4-3-5-9(8)13-19(17,18)11-7-2-1-6-10(11)14(15)16/h1-2,6-9,13H,3-5H2. The first-order chi connectivity index (χ1) is 8.92. The second-order valence-electron chi connectivity index (χ2n) is 4.40. The molecule has 1 fully saturated rings. The van der Waals surface area contributed by atoms with Gasteiger partial charge in [0.05, 0.1) is 4.92 Å². The number of hydrogen-bond donors (Lipinski definition) is 1. The summed E-state index contributed by atoms with van der Waals surface area (Å²) >= 11 is 3.42. The number of para-hydroxylation sites is 1. The van der Waals surface area contributed by atoms with Gasteiger partial charge in [-0.25, -0.2) is 13.1 Å². The molecular weight excluding hydrogens is 336 g/mol. The molecule has 1 aliphatic rings. The van der Waals surface area contributed by atoms with E-state index >= 15 is 0 Å². The number of benzene rings is 1. The van der Waals surface area contributed by atoms with Crippen molar-refractivity contribution in [2.45, 2.75) is 35.0 Å². The Morgan fingerprint density at radius 3 is 2.58 bits per heavy atom. The minimum Gasteiger partial charge on any atom is -0.258 e. The highest BCUT2D eigenvalue weighted by molar-refractivity contribution is 9.09. The van der Waals surface area contributed by atoms with Crippen molar-refractivity contribution >= 4 is 31.6 Å².